The average Bonchev–Trinajstić information content (AvgIpc) is 2.25. The van der Waals surface area contributed by atoms with Crippen LogP contribution in [-0.2, 0) is 0 Å². The van der Waals surface area contributed by atoms with E-state index in [1.165, 1.54) is 7.11 Å². The number of nitrogens with zero attached hydrogens (tertiary/aromatic N) is 1. The van der Waals surface area contributed by atoms with E-state index in [1.54, 1.807) is 18.2 Å². The van der Waals surface area contributed by atoms with Gasteiger partial charge in [0.1, 0.15) is 6.04 Å². The van der Waals surface area contributed by atoms with Crippen molar-refractivity contribution < 1.29 is 9.84 Å². The van der Waals surface area contributed by atoms with Crippen LogP contribution in [0.3, 0.4) is 0 Å². The number of hydrogen-bond donors (Lipinski definition) is 2. The zero-order chi connectivity index (χ0) is 12.1. The van der Waals surface area contributed by atoms with Crippen molar-refractivity contribution in [3.05, 3.63) is 23.8 Å². The Balaban J connectivity index is 2.95. The number of methoxy groups -OCH3 is 1. The van der Waals surface area contributed by atoms with Crippen LogP contribution in [0, 0.1) is 11.3 Å². The van der Waals surface area contributed by atoms with E-state index in [1.807, 2.05) is 13.8 Å². The standard InChI is InChI=1S/C12H16N2O2/c1-8(2)14-10(7-13)9-4-5-12(16-3)11(15)6-9/h4-6,8,10,14-15H,1-3H3. The predicted molar refractivity (Wildman–Crippen MR) is 61.3 cm³/mol. The number of phenolic OH excluding ortho intramolecular Hbond substituents is 1. The molecular weight excluding hydrogens is 204 g/mol. The minimum absolute atomic E-state index is 0.0470. The van der Waals surface area contributed by atoms with Gasteiger partial charge in [-0.2, -0.15) is 5.26 Å². The number of phenols is 1. The Bertz CT molecular complexity index is 396. The maximum atomic E-state index is 9.61. The third kappa shape index (κ3) is 2.88. The molecule has 0 bridgehead atoms. The van der Waals surface area contributed by atoms with Gasteiger partial charge in [0.15, 0.2) is 11.5 Å². The van der Waals surface area contributed by atoms with E-state index in [0.29, 0.717) is 5.75 Å². The number of ether oxygens (including phenoxy) is 1. The molecule has 0 aromatic heterocycles. The Hall–Kier alpha value is -1.73. The first-order valence-corrected chi connectivity index (χ1v) is 5.11. The first kappa shape index (κ1) is 12.3. The average molecular weight is 220 g/mol. The first-order valence-electron chi connectivity index (χ1n) is 5.11. The van der Waals surface area contributed by atoms with Gasteiger partial charge in [0, 0.05) is 6.04 Å². The van der Waals surface area contributed by atoms with Gasteiger partial charge in [-0.15, -0.1) is 0 Å². The van der Waals surface area contributed by atoms with Crippen LogP contribution < -0.4 is 10.1 Å². The first-order chi connectivity index (χ1) is 7.58. The van der Waals surface area contributed by atoms with E-state index in [9.17, 15) is 5.11 Å². The van der Waals surface area contributed by atoms with Gasteiger partial charge in [0.2, 0.25) is 0 Å². The van der Waals surface area contributed by atoms with Crippen molar-refractivity contribution in [2.24, 2.45) is 0 Å². The molecule has 4 heteroatoms. The topological polar surface area (TPSA) is 65.3 Å². The minimum atomic E-state index is -0.420. The Morgan fingerprint density at radius 3 is 2.56 bits per heavy atom. The fraction of sp³-hybridized carbons (Fsp3) is 0.417. The molecule has 1 rings (SSSR count). The maximum absolute atomic E-state index is 9.61. The Labute approximate surface area is 95.5 Å². The zero-order valence-electron chi connectivity index (χ0n) is 9.69. The monoisotopic (exact) mass is 220 g/mol. The third-order valence-corrected chi connectivity index (χ3v) is 2.17. The molecule has 1 aromatic carbocycles. The second-order valence-electron chi connectivity index (χ2n) is 3.81. The number of nitrogens with one attached hydrogen (secondary N) is 1. The van der Waals surface area contributed by atoms with Crippen molar-refractivity contribution in [1.82, 2.24) is 5.32 Å². The second-order valence-corrected chi connectivity index (χ2v) is 3.81. The molecule has 0 aliphatic rings. The van der Waals surface area contributed by atoms with Crippen LogP contribution in [-0.4, -0.2) is 18.3 Å². The molecule has 0 spiro atoms. The van der Waals surface area contributed by atoms with Gasteiger partial charge in [0.25, 0.3) is 0 Å². The van der Waals surface area contributed by atoms with Gasteiger partial charge in [-0.05, 0) is 31.5 Å². The van der Waals surface area contributed by atoms with Gasteiger partial charge in [-0.1, -0.05) is 6.07 Å². The highest BCUT2D eigenvalue weighted by atomic mass is 16.5. The highest BCUT2D eigenvalue weighted by molar-refractivity contribution is 5.43. The molecule has 0 saturated carbocycles. The molecule has 16 heavy (non-hydrogen) atoms. The molecule has 86 valence electrons. The lowest BCUT2D eigenvalue weighted by atomic mass is 10.1. The lowest BCUT2D eigenvalue weighted by molar-refractivity contribution is 0.372. The second kappa shape index (κ2) is 5.38. The van der Waals surface area contributed by atoms with Crippen molar-refractivity contribution in [3.63, 3.8) is 0 Å². The summed E-state index contributed by atoms with van der Waals surface area (Å²) in [6.45, 7) is 3.93. The summed E-state index contributed by atoms with van der Waals surface area (Å²) in [6.07, 6.45) is 0. The van der Waals surface area contributed by atoms with Crippen LogP contribution in [0.15, 0.2) is 18.2 Å². The number of aromatic hydroxyl groups is 1. The normalized spacial score (nSPS) is 12.2. The highest BCUT2D eigenvalue weighted by Crippen LogP contribution is 2.28. The largest absolute Gasteiger partial charge is 0.504 e. The van der Waals surface area contributed by atoms with Crippen LogP contribution >= 0.6 is 0 Å². The van der Waals surface area contributed by atoms with Crippen molar-refractivity contribution >= 4 is 0 Å². The Kier molecular flexibility index (Phi) is 4.15. The summed E-state index contributed by atoms with van der Waals surface area (Å²) in [6, 6.07) is 6.89. The Morgan fingerprint density at radius 1 is 1.44 bits per heavy atom. The lowest BCUT2D eigenvalue weighted by Crippen LogP contribution is -2.27. The molecule has 1 aromatic rings. The lowest BCUT2D eigenvalue weighted by Gasteiger charge is -2.15. The third-order valence-electron chi connectivity index (χ3n) is 2.17. The molecule has 0 fully saturated rings. The number of hydrogen-bond acceptors (Lipinski definition) is 4. The molecule has 1 atom stereocenters. The van der Waals surface area contributed by atoms with Gasteiger partial charge in [-0.3, -0.25) is 5.32 Å². The molecule has 0 amide bonds. The van der Waals surface area contributed by atoms with Crippen LogP contribution in [0.1, 0.15) is 25.5 Å². The predicted octanol–water partition coefficient (Wildman–Crippen LogP) is 1.96. The highest BCUT2D eigenvalue weighted by Gasteiger charge is 2.13. The SMILES string of the molecule is COc1ccc(C(C#N)NC(C)C)cc1O. The van der Waals surface area contributed by atoms with Crippen molar-refractivity contribution in [3.8, 4) is 17.6 Å². The minimum Gasteiger partial charge on any atom is -0.504 e. The molecule has 0 radical (unpaired) electrons. The van der Waals surface area contributed by atoms with Gasteiger partial charge in [-0.25, -0.2) is 0 Å². The van der Waals surface area contributed by atoms with E-state index in [0.717, 1.165) is 5.56 Å². The van der Waals surface area contributed by atoms with E-state index in [4.69, 9.17) is 10.00 Å². The molecule has 4 nitrogen and oxygen atoms in total. The molecule has 0 heterocycles. The van der Waals surface area contributed by atoms with Crippen molar-refractivity contribution in [1.29, 1.82) is 5.26 Å². The number of rotatable bonds is 4. The summed E-state index contributed by atoms with van der Waals surface area (Å²) < 4.78 is 4.94. The van der Waals surface area contributed by atoms with Crippen LogP contribution in [0.2, 0.25) is 0 Å². The fourth-order valence-electron chi connectivity index (χ4n) is 1.43. The van der Waals surface area contributed by atoms with E-state index in [2.05, 4.69) is 11.4 Å². The van der Waals surface area contributed by atoms with Crippen molar-refractivity contribution in [2.75, 3.05) is 7.11 Å². The summed E-state index contributed by atoms with van der Waals surface area (Å²) in [4.78, 5) is 0. The van der Waals surface area contributed by atoms with Gasteiger partial charge >= 0.3 is 0 Å². The van der Waals surface area contributed by atoms with Crippen LogP contribution in [0.25, 0.3) is 0 Å². The summed E-state index contributed by atoms with van der Waals surface area (Å²) in [5.41, 5.74) is 0.731. The van der Waals surface area contributed by atoms with Crippen LogP contribution in [0.5, 0.6) is 11.5 Å². The quantitative estimate of drug-likeness (QED) is 0.814. The molecule has 1 unspecified atom stereocenters. The molecule has 0 aliphatic heterocycles. The van der Waals surface area contributed by atoms with E-state index >= 15 is 0 Å². The zero-order valence-corrected chi connectivity index (χ0v) is 9.69. The van der Waals surface area contributed by atoms with Crippen LogP contribution in [0.4, 0.5) is 0 Å². The molecule has 0 aliphatic carbocycles. The summed E-state index contributed by atoms with van der Waals surface area (Å²) >= 11 is 0. The van der Waals surface area contributed by atoms with E-state index < -0.39 is 6.04 Å². The Morgan fingerprint density at radius 2 is 2.12 bits per heavy atom. The number of nitriles is 1. The van der Waals surface area contributed by atoms with Crippen molar-refractivity contribution in [2.45, 2.75) is 25.9 Å². The summed E-state index contributed by atoms with van der Waals surface area (Å²) in [5.74, 6) is 0.454. The summed E-state index contributed by atoms with van der Waals surface area (Å²) in [5, 5.41) is 21.7. The van der Waals surface area contributed by atoms with Gasteiger partial charge < -0.3 is 9.84 Å². The van der Waals surface area contributed by atoms with Gasteiger partial charge in [0.05, 0.1) is 13.2 Å². The summed E-state index contributed by atoms with van der Waals surface area (Å²) in [7, 11) is 1.49. The maximum Gasteiger partial charge on any atom is 0.160 e. The molecule has 0 saturated heterocycles. The molecular formula is C12H16N2O2. The fourth-order valence-corrected chi connectivity index (χ4v) is 1.43. The smallest absolute Gasteiger partial charge is 0.160 e. The number of benzene rings is 1. The molecule has 2 N–H and O–H groups in total. The van der Waals surface area contributed by atoms with E-state index in [-0.39, 0.29) is 11.8 Å².